The van der Waals surface area contributed by atoms with E-state index in [1.54, 1.807) is 54.6 Å². The van der Waals surface area contributed by atoms with E-state index in [1.165, 1.54) is 23.9 Å². The summed E-state index contributed by atoms with van der Waals surface area (Å²) in [6.45, 7) is 4.04. The van der Waals surface area contributed by atoms with Crippen LogP contribution in [0.5, 0.6) is 0 Å². The SMILES string of the molecule is C[C@@H](Sc1ccc(NC(=O)/C(=C/c2ccc(-c3ccccc3)o2)NC(=O)c2ccccc2)cc1)C(=O)N1CCN(c2ccccc2F)CC1. The molecule has 10 heteroatoms. The van der Waals surface area contributed by atoms with Gasteiger partial charge in [0.2, 0.25) is 5.91 Å². The number of hydrogen-bond acceptors (Lipinski definition) is 6. The van der Waals surface area contributed by atoms with Crippen molar-refractivity contribution in [2.75, 3.05) is 36.4 Å². The summed E-state index contributed by atoms with van der Waals surface area (Å²) in [4.78, 5) is 44.4. The molecule has 0 spiro atoms. The lowest BCUT2D eigenvalue weighted by atomic mass is 10.2. The summed E-state index contributed by atoms with van der Waals surface area (Å²) < 4.78 is 20.2. The zero-order valence-electron chi connectivity index (χ0n) is 26.8. The summed E-state index contributed by atoms with van der Waals surface area (Å²) in [5, 5.41) is 5.25. The molecule has 1 fully saturated rings. The summed E-state index contributed by atoms with van der Waals surface area (Å²) in [6.07, 6.45) is 1.50. The fourth-order valence-electron chi connectivity index (χ4n) is 5.48. The van der Waals surface area contributed by atoms with Crippen LogP contribution >= 0.6 is 11.8 Å². The predicted octanol–water partition coefficient (Wildman–Crippen LogP) is 7.32. The molecule has 5 aromatic rings. The molecule has 1 atom stereocenters. The molecule has 248 valence electrons. The van der Waals surface area contributed by atoms with Gasteiger partial charge in [0.05, 0.1) is 10.9 Å². The topological polar surface area (TPSA) is 94.9 Å². The molecule has 1 saturated heterocycles. The first-order valence-corrected chi connectivity index (χ1v) is 16.8. The lowest BCUT2D eigenvalue weighted by Gasteiger charge is -2.37. The Morgan fingerprint density at radius 1 is 0.796 bits per heavy atom. The zero-order valence-corrected chi connectivity index (χ0v) is 27.7. The molecule has 0 saturated carbocycles. The highest BCUT2D eigenvalue weighted by molar-refractivity contribution is 8.00. The number of nitrogens with zero attached hydrogens (tertiary/aromatic N) is 2. The van der Waals surface area contributed by atoms with Crippen LogP contribution < -0.4 is 15.5 Å². The molecule has 2 heterocycles. The minimum atomic E-state index is -0.527. The molecule has 3 amide bonds. The Bertz CT molecular complexity index is 1940. The van der Waals surface area contributed by atoms with Crippen LogP contribution in [-0.2, 0) is 9.59 Å². The van der Waals surface area contributed by atoms with Crippen molar-refractivity contribution in [3.8, 4) is 11.3 Å². The van der Waals surface area contributed by atoms with E-state index in [0.29, 0.717) is 54.6 Å². The fourth-order valence-corrected chi connectivity index (χ4v) is 6.43. The molecule has 1 aliphatic rings. The molecule has 1 aromatic heterocycles. The highest BCUT2D eigenvalue weighted by Gasteiger charge is 2.26. The molecule has 1 aliphatic heterocycles. The lowest BCUT2D eigenvalue weighted by molar-refractivity contribution is -0.130. The molecule has 0 aliphatic carbocycles. The van der Waals surface area contributed by atoms with Crippen LogP contribution in [0.2, 0.25) is 0 Å². The Balaban J connectivity index is 1.09. The highest BCUT2D eigenvalue weighted by Crippen LogP contribution is 2.28. The van der Waals surface area contributed by atoms with Gasteiger partial charge in [0.1, 0.15) is 23.0 Å². The molecular formula is C39H35FN4O4S. The average molecular weight is 675 g/mol. The highest BCUT2D eigenvalue weighted by atomic mass is 32.2. The number of amides is 3. The van der Waals surface area contributed by atoms with Crippen LogP contribution in [0, 0.1) is 5.82 Å². The quantitative estimate of drug-likeness (QED) is 0.119. The smallest absolute Gasteiger partial charge is 0.272 e. The van der Waals surface area contributed by atoms with Gasteiger partial charge in [0.25, 0.3) is 11.8 Å². The van der Waals surface area contributed by atoms with Gasteiger partial charge in [-0.15, -0.1) is 11.8 Å². The maximum atomic E-state index is 14.2. The molecule has 8 nitrogen and oxygen atoms in total. The van der Waals surface area contributed by atoms with Crippen molar-refractivity contribution >= 4 is 46.9 Å². The van der Waals surface area contributed by atoms with E-state index in [9.17, 15) is 18.8 Å². The first-order chi connectivity index (χ1) is 23.8. The summed E-state index contributed by atoms with van der Waals surface area (Å²) in [7, 11) is 0. The number of anilines is 2. The van der Waals surface area contributed by atoms with Crippen LogP contribution in [0.1, 0.15) is 23.0 Å². The second-order valence-corrected chi connectivity index (χ2v) is 12.9. The second kappa shape index (κ2) is 15.5. The predicted molar refractivity (Wildman–Crippen MR) is 192 cm³/mol. The number of benzene rings is 4. The van der Waals surface area contributed by atoms with Gasteiger partial charge in [-0.25, -0.2) is 4.39 Å². The largest absolute Gasteiger partial charge is 0.457 e. The Morgan fingerprint density at radius 3 is 2.14 bits per heavy atom. The maximum Gasteiger partial charge on any atom is 0.272 e. The van der Waals surface area contributed by atoms with Crippen LogP contribution in [0.15, 0.2) is 136 Å². The summed E-state index contributed by atoms with van der Waals surface area (Å²) in [6, 6.07) is 35.6. The molecular weight excluding hydrogens is 640 g/mol. The average Bonchev–Trinajstić information content (AvgIpc) is 3.61. The number of carbonyl (C=O) groups excluding carboxylic acids is 3. The van der Waals surface area contributed by atoms with E-state index in [2.05, 4.69) is 10.6 Å². The second-order valence-electron chi connectivity index (χ2n) is 11.4. The number of piperazine rings is 1. The van der Waals surface area contributed by atoms with Crippen LogP contribution in [0.3, 0.4) is 0 Å². The van der Waals surface area contributed by atoms with E-state index < -0.39 is 11.8 Å². The number of para-hydroxylation sites is 1. The van der Waals surface area contributed by atoms with Crippen molar-refractivity contribution in [2.24, 2.45) is 0 Å². The van der Waals surface area contributed by atoms with E-state index in [1.807, 2.05) is 77.4 Å². The number of carbonyl (C=O) groups is 3. The summed E-state index contributed by atoms with van der Waals surface area (Å²) in [5.41, 5.74) is 2.38. The van der Waals surface area contributed by atoms with Crippen molar-refractivity contribution in [3.05, 3.63) is 144 Å². The van der Waals surface area contributed by atoms with Gasteiger partial charge in [-0.05, 0) is 67.6 Å². The van der Waals surface area contributed by atoms with Gasteiger partial charge in [-0.2, -0.15) is 0 Å². The van der Waals surface area contributed by atoms with Gasteiger partial charge in [0, 0.05) is 54.0 Å². The Hall–Kier alpha value is -5.61. The summed E-state index contributed by atoms with van der Waals surface area (Å²) in [5.74, 6) is -0.169. The third-order valence-electron chi connectivity index (χ3n) is 8.06. The first kappa shape index (κ1) is 33.3. The van der Waals surface area contributed by atoms with Gasteiger partial charge in [-0.3, -0.25) is 14.4 Å². The van der Waals surface area contributed by atoms with Crippen molar-refractivity contribution < 1.29 is 23.2 Å². The Labute approximate surface area is 288 Å². The monoisotopic (exact) mass is 674 g/mol. The van der Waals surface area contributed by atoms with Crippen molar-refractivity contribution in [2.45, 2.75) is 17.1 Å². The van der Waals surface area contributed by atoms with Crippen LogP contribution in [0.4, 0.5) is 15.8 Å². The van der Waals surface area contributed by atoms with E-state index in [4.69, 9.17) is 4.42 Å². The zero-order chi connectivity index (χ0) is 34.2. The van der Waals surface area contributed by atoms with Crippen molar-refractivity contribution in [3.63, 3.8) is 0 Å². The Kier molecular flexibility index (Phi) is 10.6. The van der Waals surface area contributed by atoms with Crippen LogP contribution in [-0.4, -0.2) is 54.1 Å². The minimum absolute atomic E-state index is 0.00980. The summed E-state index contributed by atoms with van der Waals surface area (Å²) >= 11 is 1.43. The molecule has 49 heavy (non-hydrogen) atoms. The molecule has 0 unspecified atom stereocenters. The standard InChI is InChI=1S/C39H35FN4O4S/c1-27(39(47)44-24-22-43(23-25-44)35-15-9-8-14-33(35)40)49-32-19-16-30(17-20-32)41-38(46)34(42-37(45)29-12-6-3-7-13-29)26-31-18-21-36(48-31)28-10-4-2-5-11-28/h2-21,26-27H,22-25H2,1H3,(H,41,46)(H,42,45)/b34-26-/t27-/m1/s1. The van der Waals surface area contributed by atoms with Gasteiger partial charge in [-0.1, -0.05) is 60.7 Å². The van der Waals surface area contributed by atoms with Gasteiger partial charge >= 0.3 is 0 Å². The molecule has 0 radical (unpaired) electrons. The van der Waals surface area contributed by atoms with Crippen LogP contribution in [0.25, 0.3) is 17.4 Å². The first-order valence-electron chi connectivity index (χ1n) is 15.9. The fraction of sp³-hybridized carbons (Fsp3) is 0.154. The molecule has 6 rings (SSSR count). The number of halogens is 1. The van der Waals surface area contributed by atoms with Crippen molar-refractivity contribution in [1.29, 1.82) is 0 Å². The Morgan fingerprint density at radius 2 is 1.45 bits per heavy atom. The minimum Gasteiger partial charge on any atom is -0.457 e. The lowest BCUT2D eigenvalue weighted by Crippen LogP contribution is -2.50. The number of rotatable bonds is 10. The van der Waals surface area contributed by atoms with Gasteiger partial charge < -0.3 is 24.9 Å². The van der Waals surface area contributed by atoms with E-state index in [0.717, 1.165) is 10.5 Å². The molecule has 4 aromatic carbocycles. The van der Waals surface area contributed by atoms with Gasteiger partial charge in [0.15, 0.2) is 0 Å². The molecule has 2 N–H and O–H groups in total. The molecule has 0 bridgehead atoms. The number of thioether (sulfide) groups is 1. The number of nitrogens with one attached hydrogen (secondary N) is 2. The van der Waals surface area contributed by atoms with E-state index >= 15 is 0 Å². The van der Waals surface area contributed by atoms with Crippen molar-refractivity contribution in [1.82, 2.24) is 10.2 Å². The maximum absolute atomic E-state index is 14.2. The number of furan rings is 1. The normalized spacial score (nSPS) is 13.9. The number of hydrogen-bond donors (Lipinski definition) is 2. The van der Waals surface area contributed by atoms with E-state index in [-0.39, 0.29) is 22.7 Å². The third-order valence-corrected chi connectivity index (χ3v) is 9.16. The third kappa shape index (κ3) is 8.46.